The van der Waals surface area contributed by atoms with Gasteiger partial charge in [-0.05, 0) is 99.3 Å². The average Bonchev–Trinajstić information content (AvgIpc) is 3.65. The van der Waals surface area contributed by atoms with Gasteiger partial charge in [0.2, 0.25) is 5.89 Å². The maximum atomic E-state index is 6.18. The molecule has 0 radical (unpaired) electrons. The number of anilines is 3. The zero-order valence-corrected chi connectivity index (χ0v) is 27.3. The molecule has 0 N–H and O–H groups in total. The lowest BCUT2D eigenvalue weighted by atomic mass is 10.0. The van der Waals surface area contributed by atoms with Crippen molar-refractivity contribution in [2.45, 2.75) is 0 Å². The Labute approximate surface area is 291 Å². The first-order valence-electron chi connectivity index (χ1n) is 16.9. The van der Waals surface area contributed by atoms with Gasteiger partial charge in [-0.3, -0.25) is 0 Å². The Morgan fingerprint density at radius 3 is 1.50 bits per heavy atom. The zero-order chi connectivity index (χ0) is 33.3. The van der Waals surface area contributed by atoms with E-state index in [-0.39, 0.29) is 0 Å². The van der Waals surface area contributed by atoms with E-state index in [0.717, 1.165) is 44.9 Å². The summed E-state index contributed by atoms with van der Waals surface area (Å²) in [5.41, 5.74) is 12.7. The number of fused-ring (bicyclic) bond motifs is 2. The predicted molar refractivity (Wildman–Crippen MR) is 208 cm³/mol. The fraction of sp³-hybridized carbons (Fsp3) is 0. The Balaban J connectivity index is 1.09. The Hall–Kier alpha value is -6.71. The molecule has 236 valence electrons. The molecular weight excluding hydrogens is 609 g/mol. The molecule has 1 heterocycles. The van der Waals surface area contributed by atoms with Gasteiger partial charge in [0.1, 0.15) is 5.52 Å². The monoisotopic (exact) mass is 640 g/mol. The van der Waals surface area contributed by atoms with Gasteiger partial charge < -0.3 is 9.32 Å². The predicted octanol–water partition coefficient (Wildman–Crippen LogP) is 13.1. The Morgan fingerprint density at radius 2 is 0.860 bits per heavy atom. The summed E-state index contributed by atoms with van der Waals surface area (Å²) < 4.78 is 6.18. The van der Waals surface area contributed by atoms with E-state index in [1.807, 2.05) is 42.5 Å². The molecule has 0 aliphatic rings. The van der Waals surface area contributed by atoms with E-state index in [1.54, 1.807) is 0 Å². The number of benzene rings is 8. The fourth-order valence-corrected chi connectivity index (χ4v) is 6.73. The zero-order valence-electron chi connectivity index (χ0n) is 27.3. The second-order valence-corrected chi connectivity index (χ2v) is 12.4. The van der Waals surface area contributed by atoms with Gasteiger partial charge in [-0.1, -0.05) is 133 Å². The lowest BCUT2D eigenvalue weighted by Crippen LogP contribution is -2.09. The molecule has 50 heavy (non-hydrogen) atoms. The van der Waals surface area contributed by atoms with Gasteiger partial charge in [0.15, 0.2) is 5.58 Å². The van der Waals surface area contributed by atoms with Crippen molar-refractivity contribution in [1.29, 1.82) is 0 Å². The van der Waals surface area contributed by atoms with Crippen LogP contribution in [0.5, 0.6) is 0 Å². The highest BCUT2D eigenvalue weighted by Crippen LogP contribution is 2.39. The van der Waals surface area contributed by atoms with Crippen LogP contribution in [-0.4, -0.2) is 4.98 Å². The molecule has 3 nitrogen and oxygen atoms in total. The molecule has 0 fully saturated rings. The van der Waals surface area contributed by atoms with Crippen molar-refractivity contribution in [2.24, 2.45) is 0 Å². The summed E-state index contributed by atoms with van der Waals surface area (Å²) in [6, 6.07) is 68.2. The first kappa shape index (κ1) is 29.4. The van der Waals surface area contributed by atoms with Crippen LogP contribution in [0.15, 0.2) is 199 Å². The second kappa shape index (κ2) is 12.7. The van der Waals surface area contributed by atoms with E-state index in [2.05, 4.69) is 157 Å². The minimum absolute atomic E-state index is 0.627. The molecule has 0 saturated carbocycles. The number of nitrogens with zero attached hydrogens (tertiary/aromatic N) is 2. The van der Waals surface area contributed by atoms with Crippen LogP contribution < -0.4 is 4.90 Å². The van der Waals surface area contributed by atoms with Crippen molar-refractivity contribution in [1.82, 2.24) is 4.98 Å². The van der Waals surface area contributed by atoms with Crippen LogP contribution in [0.1, 0.15) is 0 Å². The van der Waals surface area contributed by atoms with Crippen LogP contribution in [0, 0.1) is 0 Å². The van der Waals surface area contributed by atoms with Crippen molar-refractivity contribution in [3.63, 3.8) is 0 Å². The summed E-state index contributed by atoms with van der Waals surface area (Å²) in [6.07, 6.45) is 0. The lowest BCUT2D eigenvalue weighted by Gasteiger charge is -2.26. The van der Waals surface area contributed by atoms with Gasteiger partial charge in [-0.25, -0.2) is 4.98 Å². The third kappa shape index (κ3) is 5.61. The van der Waals surface area contributed by atoms with Gasteiger partial charge in [0.25, 0.3) is 0 Å². The smallest absolute Gasteiger partial charge is 0.227 e. The van der Waals surface area contributed by atoms with Gasteiger partial charge in [0, 0.05) is 28.2 Å². The summed E-state index contributed by atoms with van der Waals surface area (Å²) in [6.45, 7) is 0. The van der Waals surface area contributed by atoms with Gasteiger partial charge in [-0.2, -0.15) is 0 Å². The highest BCUT2D eigenvalue weighted by atomic mass is 16.3. The van der Waals surface area contributed by atoms with Crippen LogP contribution >= 0.6 is 0 Å². The molecule has 0 unspecified atom stereocenters. The molecule has 0 aliphatic heterocycles. The van der Waals surface area contributed by atoms with E-state index in [0.29, 0.717) is 5.89 Å². The summed E-state index contributed by atoms with van der Waals surface area (Å²) >= 11 is 0. The second-order valence-electron chi connectivity index (χ2n) is 12.4. The van der Waals surface area contributed by atoms with Crippen molar-refractivity contribution in [2.75, 3.05) is 4.90 Å². The van der Waals surface area contributed by atoms with Gasteiger partial charge in [0.05, 0.1) is 0 Å². The SMILES string of the molecule is c1ccc(-c2ccc(N(c3ccc(-c4ccc5ccccc5c4)cc3)c3ccc(-c4cccc5oc(-c6ccccc6)nc45)cc3)cc2)cc1. The number of para-hydroxylation sites is 1. The molecule has 8 aromatic carbocycles. The number of hydrogen-bond acceptors (Lipinski definition) is 3. The molecule has 1 aromatic heterocycles. The molecule has 9 aromatic rings. The largest absolute Gasteiger partial charge is 0.436 e. The van der Waals surface area contributed by atoms with Crippen LogP contribution in [0.3, 0.4) is 0 Å². The maximum absolute atomic E-state index is 6.18. The normalized spacial score (nSPS) is 11.2. The summed E-state index contributed by atoms with van der Waals surface area (Å²) in [4.78, 5) is 7.23. The molecule has 0 spiro atoms. The number of hydrogen-bond donors (Lipinski definition) is 0. The van der Waals surface area contributed by atoms with E-state index >= 15 is 0 Å². The van der Waals surface area contributed by atoms with E-state index in [1.165, 1.54) is 33.0 Å². The highest BCUT2D eigenvalue weighted by molar-refractivity contribution is 5.93. The van der Waals surface area contributed by atoms with Crippen LogP contribution in [0.25, 0.3) is 66.7 Å². The third-order valence-electron chi connectivity index (χ3n) is 9.32. The van der Waals surface area contributed by atoms with E-state index in [9.17, 15) is 0 Å². The molecule has 0 saturated heterocycles. The molecule has 0 amide bonds. The number of aromatic nitrogens is 1. The topological polar surface area (TPSA) is 29.3 Å². The molecule has 0 bridgehead atoms. The minimum Gasteiger partial charge on any atom is -0.436 e. The minimum atomic E-state index is 0.627. The van der Waals surface area contributed by atoms with Crippen molar-refractivity contribution in [3.8, 4) is 44.8 Å². The van der Waals surface area contributed by atoms with Gasteiger partial charge in [-0.15, -0.1) is 0 Å². The van der Waals surface area contributed by atoms with Gasteiger partial charge >= 0.3 is 0 Å². The van der Waals surface area contributed by atoms with Crippen molar-refractivity contribution in [3.05, 3.63) is 194 Å². The maximum Gasteiger partial charge on any atom is 0.227 e. The summed E-state index contributed by atoms with van der Waals surface area (Å²) in [5.74, 6) is 0.627. The van der Waals surface area contributed by atoms with E-state index < -0.39 is 0 Å². The first-order valence-corrected chi connectivity index (χ1v) is 16.9. The van der Waals surface area contributed by atoms with Crippen LogP contribution in [0.2, 0.25) is 0 Å². The quantitative estimate of drug-likeness (QED) is 0.174. The Kier molecular flexibility index (Phi) is 7.49. The number of rotatable bonds is 7. The summed E-state index contributed by atoms with van der Waals surface area (Å²) in [7, 11) is 0. The Bertz CT molecular complexity index is 2550. The molecule has 0 aliphatic carbocycles. The van der Waals surface area contributed by atoms with Crippen LogP contribution in [-0.2, 0) is 0 Å². The summed E-state index contributed by atoms with van der Waals surface area (Å²) in [5, 5.41) is 2.49. The first-order chi connectivity index (χ1) is 24.8. The third-order valence-corrected chi connectivity index (χ3v) is 9.32. The Morgan fingerprint density at radius 1 is 0.360 bits per heavy atom. The molecule has 9 rings (SSSR count). The molecule has 0 atom stereocenters. The van der Waals surface area contributed by atoms with Crippen molar-refractivity contribution >= 4 is 38.9 Å². The van der Waals surface area contributed by atoms with E-state index in [4.69, 9.17) is 9.40 Å². The lowest BCUT2D eigenvalue weighted by molar-refractivity contribution is 0.620. The molecule has 3 heteroatoms. The fourth-order valence-electron chi connectivity index (χ4n) is 6.73. The standard InChI is InChI=1S/C47H32N2O/c1-3-10-33(11-4-1)35-20-26-41(27-21-35)49(42-28-22-36(23-29-42)40-19-18-34-12-7-8-15-39(34)32-40)43-30-24-37(25-31-43)44-16-9-17-45-46(44)48-47(50-45)38-13-5-2-6-14-38/h1-32H. The molecular formula is C47H32N2O. The van der Waals surface area contributed by atoms with Crippen LogP contribution in [0.4, 0.5) is 17.1 Å². The number of oxazole rings is 1. The average molecular weight is 641 g/mol. The highest BCUT2D eigenvalue weighted by Gasteiger charge is 2.16. The van der Waals surface area contributed by atoms with Crippen molar-refractivity contribution < 1.29 is 4.42 Å².